The first kappa shape index (κ1) is 14.3. The summed E-state index contributed by atoms with van der Waals surface area (Å²) in [6.45, 7) is 6.44. The lowest BCUT2D eigenvalue weighted by atomic mass is 9.98. The average molecular weight is 359 g/mol. The van der Waals surface area contributed by atoms with Gasteiger partial charge in [0.15, 0.2) is 0 Å². The van der Waals surface area contributed by atoms with Gasteiger partial charge in [0, 0.05) is 22.8 Å². The predicted molar refractivity (Wildman–Crippen MR) is 83.7 cm³/mol. The van der Waals surface area contributed by atoms with E-state index in [-0.39, 0.29) is 0 Å². The van der Waals surface area contributed by atoms with Gasteiger partial charge in [-0.15, -0.1) is 0 Å². The van der Waals surface area contributed by atoms with E-state index in [2.05, 4.69) is 66.0 Å². The van der Waals surface area contributed by atoms with Gasteiger partial charge < -0.3 is 10.1 Å². The summed E-state index contributed by atoms with van der Waals surface area (Å²) in [4.78, 5) is 0. The second kappa shape index (κ2) is 6.87. The third-order valence-electron chi connectivity index (χ3n) is 3.80. The van der Waals surface area contributed by atoms with E-state index >= 15 is 0 Å². The van der Waals surface area contributed by atoms with Gasteiger partial charge in [-0.05, 0) is 66.0 Å². The molecular formula is C15H22INO. The first-order chi connectivity index (χ1) is 8.70. The molecule has 1 N–H and O–H groups in total. The maximum absolute atomic E-state index is 5.73. The Hall–Kier alpha value is -0.130. The third kappa shape index (κ3) is 3.68. The van der Waals surface area contributed by atoms with Gasteiger partial charge in [0.2, 0.25) is 0 Å². The number of hydrogen-bond donors (Lipinski definition) is 1. The lowest BCUT2D eigenvalue weighted by Gasteiger charge is -2.21. The molecule has 1 aliphatic rings. The van der Waals surface area contributed by atoms with Crippen molar-refractivity contribution < 1.29 is 4.74 Å². The Balaban J connectivity index is 1.84. The van der Waals surface area contributed by atoms with Crippen LogP contribution in [-0.4, -0.2) is 19.3 Å². The molecule has 1 fully saturated rings. The molecule has 3 unspecified atom stereocenters. The second-order valence-corrected chi connectivity index (χ2v) is 6.29. The minimum atomic E-state index is 0.417. The van der Waals surface area contributed by atoms with Crippen molar-refractivity contribution in [2.75, 3.05) is 13.2 Å². The van der Waals surface area contributed by atoms with Crippen molar-refractivity contribution >= 4 is 22.6 Å². The van der Waals surface area contributed by atoms with Gasteiger partial charge in [0.05, 0.1) is 6.10 Å². The molecule has 1 aliphatic heterocycles. The molecule has 2 rings (SSSR count). The summed E-state index contributed by atoms with van der Waals surface area (Å²) < 4.78 is 7.02. The minimum Gasteiger partial charge on any atom is -0.378 e. The molecule has 100 valence electrons. The van der Waals surface area contributed by atoms with E-state index < -0.39 is 0 Å². The average Bonchev–Trinajstić information content (AvgIpc) is 2.84. The van der Waals surface area contributed by atoms with E-state index in [1.807, 2.05) is 0 Å². The quantitative estimate of drug-likeness (QED) is 0.809. The van der Waals surface area contributed by atoms with Crippen LogP contribution in [0.2, 0.25) is 0 Å². The molecule has 3 atom stereocenters. The van der Waals surface area contributed by atoms with E-state index in [4.69, 9.17) is 4.74 Å². The fourth-order valence-corrected chi connectivity index (χ4v) is 2.93. The molecule has 3 heteroatoms. The van der Waals surface area contributed by atoms with E-state index in [9.17, 15) is 0 Å². The van der Waals surface area contributed by atoms with Gasteiger partial charge in [0.1, 0.15) is 0 Å². The van der Waals surface area contributed by atoms with Crippen LogP contribution in [0.4, 0.5) is 0 Å². The van der Waals surface area contributed by atoms with Crippen molar-refractivity contribution in [3.63, 3.8) is 0 Å². The van der Waals surface area contributed by atoms with E-state index in [1.54, 1.807) is 0 Å². The van der Waals surface area contributed by atoms with Gasteiger partial charge in [0.25, 0.3) is 0 Å². The van der Waals surface area contributed by atoms with E-state index in [0.29, 0.717) is 18.1 Å². The Labute approximate surface area is 124 Å². The topological polar surface area (TPSA) is 21.3 Å². The molecule has 18 heavy (non-hydrogen) atoms. The summed E-state index contributed by atoms with van der Waals surface area (Å²) in [7, 11) is 0. The van der Waals surface area contributed by atoms with Crippen molar-refractivity contribution in [2.24, 2.45) is 5.92 Å². The Bertz CT molecular complexity index is 365. The molecule has 1 saturated heterocycles. The number of rotatable bonds is 5. The fourth-order valence-electron chi connectivity index (χ4n) is 2.57. The first-order valence-corrected chi connectivity index (χ1v) is 7.89. The Morgan fingerprint density at radius 1 is 1.39 bits per heavy atom. The highest BCUT2D eigenvalue weighted by atomic mass is 127. The van der Waals surface area contributed by atoms with E-state index in [1.165, 1.54) is 15.6 Å². The van der Waals surface area contributed by atoms with Crippen LogP contribution in [0.1, 0.15) is 38.3 Å². The standard InChI is InChI=1S/C15H22INO/c1-3-15-13(8-9-18-15)10-17-11(2)12-4-6-14(16)7-5-12/h4-7,11,13,15,17H,3,8-10H2,1-2H3. The Morgan fingerprint density at radius 3 is 2.78 bits per heavy atom. The zero-order valence-electron chi connectivity index (χ0n) is 11.2. The summed E-state index contributed by atoms with van der Waals surface area (Å²) in [5.74, 6) is 0.682. The molecule has 0 aliphatic carbocycles. The van der Waals surface area contributed by atoms with Crippen molar-refractivity contribution in [3.05, 3.63) is 33.4 Å². The number of hydrogen-bond acceptors (Lipinski definition) is 2. The summed E-state index contributed by atoms with van der Waals surface area (Å²) in [5.41, 5.74) is 1.36. The molecule has 0 saturated carbocycles. The molecule has 1 aromatic carbocycles. The van der Waals surface area contributed by atoms with Crippen molar-refractivity contribution in [2.45, 2.75) is 38.8 Å². The van der Waals surface area contributed by atoms with Crippen LogP contribution in [0.3, 0.4) is 0 Å². The normalized spacial score (nSPS) is 25.3. The van der Waals surface area contributed by atoms with Crippen LogP contribution in [0.15, 0.2) is 24.3 Å². The van der Waals surface area contributed by atoms with Gasteiger partial charge >= 0.3 is 0 Å². The third-order valence-corrected chi connectivity index (χ3v) is 4.52. The molecule has 0 amide bonds. The highest BCUT2D eigenvalue weighted by molar-refractivity contribution is 14.1. The molecule has 0 bridgehead atoms. The zero-order chi connectivity index (χ0) is 13.0. The summed E-state index contributed by atoms with van der Waals surface area (Å²) >= 11 is 2.34. The van der Waals surface area contributed by atoms with Crippen LogP contribution in [0.25, 0.3) is 0 Å². The number of halogens is 1. The van der Waals surface area contributed by atoms with Crippen molar-refractivity contribution in [1.82, 2.24) is 5.32 Å². The van der Waals surface area contributed by atoms with E-state index in [0.717, 1.165) is 19.6 Å². The lowest BCUT2D eigenvalue weighted by molar-refractivity contribution is 0.0867. The van der Waals surface area contributed by atoms with Crippen LogP contribution < -0.4 is 5.32 Å². The molecule has 2 nitrogen and oxygen atoms in total. The smallest absolute Gasteiger partial charge is 0.0613 e. The zero-order valence-corrected chi connectivity index (χ0v) is 13.3. The van der Waals surface area contributed by atoms with Crippen molar-refractivity contribution in [3.8, 4) is 0 Å². The maximum Gasteiger partial charge on any atom is 0.0613 e. The van der Waals surface area contributed by atoms with Crippen molar-refractivity contribution in [1.29, 1.82) is 0 Å². The number of benzene rings is 1. The predicted octanol–water partition coefficient (Wildman–Crippen LogP) is 3.76. The highest BCUT2D eigenvalue weighted by Crippen LogP contribution is 2.23. The Morgan fingerprint density at radius 2 is 2.11 bits per heavy atom. The van der Waals surface area contributed by atoms with Gasteiger partial charge in [-0.25, -0.2) is 0 Å². The SMILES string of the molecule is CCC1OCCC1CNC(C)c1ccc(I)cc1. The van der Waals surface area contributed by atoms with Crippen LogP contribution in [0.5, 0.6) is 0 Å². The summed E-state index contributed by atoms with van der Waals surface area (Å²) in [6, 6.07) is 9.17. The summed E-state index contributed by atoms with van der Waals surface area (Å²) in [6.07, 6.45) is 2.79. The fraction of sp³-hybridized carbons (Fsp3) is 0.600. The molecule has 1 heterocycles. The van der Waals surface area contributed by atoms with Gasteiger partial charge in [-0.1, -0.05) is 19.1 Å². The summed E-state index contributed by atoms with van der Waals surface area (Å²) in [5, 5.41) is 3.64. The molecule has 0 aromatic heterocycles. The number of nitrogens with one attached hydrogen (secondary N) is 1. The molecular weight excluding hydrogens is 337 g/mol. The van der Waals surface area contributed by atoms with Gasteiger partial charge in [-0.2, -0.15) is 0 Å². The molecule has 0 spiro atoms. The first-order valence-electron chi connectivity index (χ1n) is 6.81. The molecule has 0 radical (unpaired) electrons. The molecule has 1 aromatic rings. The maximum atomic E-state index is 5.73. The van der Waals surface area contributed by atoms with Gasteiger partial charge in [-0.3, -0.25) is 0 Å². The minimum absolute atomic E-state index is 0.417. The van der Waals surface area contributed by atoms with Crippen LogP contribution in [0, 0.1) is 9.49 Å². The van der Waals surface area contributed by atoms with Crippen LogP contribution >= 0.6 is 22.6 Å². The Kier molecular flexibility index (Phi) is 5.45. The largest absolute Gasteiger partial charge is 0.378 e. The lowest BCUT2D eigenvalue weighted by Crippen LogP contribution is -2.30. The monoisotopic (exact) mass is 359 g/mol. The van der Waals surface area contributed by atoms with Crippen LogP contribution in [-0.2, 0) is 4.74 Å². The highest BCUT2D eigenvalue weighted by Gasteiger charge is 2.26. The number of ether oxygens (including phenoxy) is 1. The second-order valence-electron chi connectivity index (χ2n) is 5.05.